The molecular weight excluding hydrogens is 287 g/mol. The third kappa shape index (κ3) is 2.79. The van der Waals surface area contributed by atoms with Crippen molar-refractivity contribution in [1.29, 1.82) is 0 Å². The van der Waals surface area contributed by atoms with Gasteiger partial charge in [-0.15, -0.1) is 0 Å². The van der Waals surface area contributed by atoms with Gasteiger partial charge in [0.1, 0.15) is 0 Å². The molecule has 2 rings (SSSR count). The first-order chi connectivity index (χ1) is 7.76. The van der Waals surface area contributed by atoms with Crippen molar-refractivity contribution in [1.82, 2.24) is 0 Å². The summed E-state index contributed by atoms with van der Waals surface area (Å²) >= 11 is 9.83. The maximum Gasteiger partial charge on any atom is 0.0533 e. The summed E-state index contributed by atoms with van der Waals surface area (Å²) in [5, 5.41) is 1.85. The minimum atomic E-state index is 0.225. The number of hydrogen-bond donors (Lipinski definition) is 0. The third-order valence-corrected chi connectivity index (χ3v) is 4.77. The van der Waals surface area contributed by atoms with Gasteiger partial charge >= 0.3 is 0 Å². The number of rotatable bonds is 3. The molecule has 0 saturated carbocycles. The van der Waals surface area contributed by atoms with Crippen LogP contribution in [-0.2, 0) is 11.2 Å². The molecule has 1 fully saturated rings. The van der Waals surface area contributed by atoms with E-state index in [1.165, 1.54) is 12.0 Å². The van der Waals surface area contributed by atoms with Gasteiger partial charge in [-0.3, -0.25) is 0 Å². The largest absolute Gasteiger partial charge is 0.381 e. The minimum absolute atomic E-state index is 0.225. The molecule has 0 radical (unpaired) electrons. The summed E-state index contributed by atoms with van der Waals surface area (Å²) < 4.78 is 5.62. The zero-order chi connectivity index (χ0) is 11.4. The second-order valence-corrected chi connectivity index (χ2v) is 5.53. The summed E-state index contributed by atoms with van der Waals surface area (Å²) in [5.74, 6) is 0. The van der Waals surface area contributed by atoms with Crippen LogP contribution in [0.25, 0.3) is 0 Å². The maximum absolute atomic E-state index is 6.21. The molecule has 1 aliphatic heterocycles. The summed E-state index contributed by atoms with van der Waals surface area (Å²) in [5.41, 5.74) is 1.46. The van der Waals surface area contributed by atoms with Crippen LogP contribution in [0.4, 0.5) is 0 Å². The van der Waals surface area contributed by atoms with E-state index in [9.17, 15) is 0 Å². The van der Waals surface area contributed by atoms with Crippen molar-refractivity contribution >= 4 is 27.5 Å². The molecule has 1 aromatic carbocycles. The van der Waals surface area contributed by atoms with Crippen molar-refractivity contribution < 1.29 is 4.74 Å². The van der Waals surface area contributed by atoms with E-state index in [-0.39, 0.29) is 5.41 Å². The molecule has 1 saturated heterocycles. The van der Waals surface area contributed by atoms with E-state index in [4.69, 9.17) is 16.3 Å². The fourth-order valence-electron chi connectivity index (χ4n) is 2.25. The van der Waals surface area contributed by atoms with E-state index in [1.807, 2.05) is 18.2 Å². The second-order valence-electron chi connectivity index (χ2n) is 4.56. The Morgan fingerprint density at radius 1 is 1.38 bits per heavy atom. The molecule has 3 heteroatoms. The number of ether oxygens (including phenoxy) is 1. The lowest BCUT2D eigenvalue weighted by Crippen LogP contribution is -2.35. The third-order valence-electron chi connectivity index (χ3n) is 3.21. The molecule has 1 unspecified atom stereocenters. The van der Waals surface area contributed by atoms with Crippen LogP contribution in [-0.4, -0.2) is 18.5 Å². The highest BCUT2D eigenvalue weighted by molar-refractivity contribution is 9.09. The fraction of sp³-hybridized carbons (Fsp3) is 0.538. The standard InChI is InChI=1S/C13H16BrClO/c14-9-13(6-3-7-16-10-13)8-11-4-1-2-5-12(11)15/h1-2,4-5H,3,6-10H2. The molecule has 0 bridgehead atoms. The molecule has 0 aromatic heterocycles. The molecule has 88 valence electrons. The van der Waals surface area contributed by atoms with Crippen LogP contribution in [0.1, 0.15) is 18.4 Å². The normalized spacial score (nSPS) is 25.6. The Morgan fingerprint density at radius 2 is 2.19 bits per heavy atom. The highest BCUT2D eigenvalue weighted by Crippen LogP contribution is 2.35. The van der Waals surface area contributed by atoms with Crippen molar-refractivity contribution in [2.75, 3.05) is 18.5 Å². The van der Waals surface area contributed by atoms with Gasteiger partial charge in [0.15, 0.2) is 0 Å². The molecule has 1 heterocycles. The Labute approximate surface area is 110 Å². The van der Waals surface area contributed by atoms with Crippen LogP contribution in [0.3, 0.4) is 0 Å². The van der Waals surface area contributed by atoms with Gasteiger partial charge in [0.25, 0.3) is 0 Å². The molecule has 0 aliphatic carbocycles. The van der Waals surface area contributed by atoms with Gasteiger partial charge in [-0.05, 0) is 30.9 Å². The number of halogens is 2. The molecule has 1 aromatic rings. The van der Waals surface area contributed by atoms with Gasteiger partial charge < -0.3 is 4.74 Å². The summed E-state index contributed by atoms with van der Waals surface area (Å²) in [6, 6.07) is 8.10. The molecule has 0 N–H and O–H groups in total. The van der Waals surface area contributed by atoms with Gasteiger partial charge in [-0.2, -0.15) is 0 Å². The van der Waals surface area contributed by atoms with Gasteiger partial charge in [0.2, 0.25) is 0 Å². The Hall–Kier alpha value is -0.0500. The van der Waals surface area contributed by atoms with E-state index in [2.05, 4.69) is 22.0 Å². The zero-order valence-corrected chi connectivity index (χ0v) is 11.6. The lowest BCUT2D eigenvalue weighted by atomic mass is 9.79. The van der Waals surface area contributed by atoms with E-state index >= 15 is 0 Å². The predicted molar refractivity (Wildman–Crippen MR) is 71.4 cm³/mol. The van der Waals surface area contributed by atoms with Crippen molar-refractivity contribution in [3.8, 4) is 0 Å². The highest BCUT2D eigenvalue weighted by Gasteiger charge is 2.32. The Kier molecular flexibility index (Phi) is 4.28. The average molecular weight is 304 g/mol. The smallest absolute Gasteiger partial charge is 0.0533 e. The Balaban J connectivity index is 2.15. The quantitative estimate of drug-likeness (QED) is 0.765. The SMILES string of the molecule is Clc1ccccc1CC1(CBr)CCCOC1. The molecule has 0 spiro atoms. The summed E-state index contributed by atoms with van der Waals surface area (Å²) in [4.78, 5) is 0. The minimum Gasteiger partial charge on any atom is -0.381 e. The van der Waals surface area contributed by atoms with Gasteiger partial charge in [0.05, 0.1) is 6.61 Å². The first-order valence-corrected chi connectivity index (χ1v) is 7.13. The second kappa shape index (κ2) is 5.52. The van der Waals surface area contributed by atoms with Crippen molar-refractivity contribution in [3.05, 3.63) is 34.9 Å². The molecule has 1 aliphatic rings. The van der Waals surface area contributed by atoms with E-state index in [0.29, 0.717) is 0 Å². The van der Waals surface area contributed by atoms with Gasteiger partial charge in [-0.25, -0.2) is 0 Å². The summed E-state index contributed by atoms with van der Waals surface area (Å²) in [6.07, 6.45) is 3.36. The fourth-order valence-corrected chi connectivity index (χ4v) is 3.09. The predicted octanol–water partition coefficient (Wildman–Crippen LogP) is 4.07. The molecule has 1 nitrogen and oxygen atoms in total. The van der Waals surface area contributed by atoms with Crippen LogP contribution in [0.5, 0.6) is 0 Å². The van der Waals surface area contributed by atoms with E-state index < -0.39 is 0 Å². The lowest BCUT2D eigenvalue weighted by molar-refractivity contribution is 0.00616. The van der Waals surface area contributed by atoms with Crippen LogP contribution < -0.4 is 0 Å². The van der Waals surface area contributed by atoms with Crippen LogP contribution in [0.15, 0.2) is 24.3 Å². The molecule has 0 amide bonds. The molecule has 1 atom stereocenters. The van der Waals surface area contributed by atoms with E-state index in [1.54, 1.807) is 0 Å². The van der Waals surface area contributed by atoms with Crippen LogP contribution >= 0.6 is 27.5 Å². The van der Waals surface area contributed by atoms with Crippen LogP contribution in [0, 0.1) is 5.41 Å². The van der Waals surface area contributed by atoms with Gasteiger partial charge in [-0.1, -0.05) is 45.7 Å². The monoisotopic (exact) mass is 302 g/mol. The Bertz CT molecular complexity index is 348. The first-order valence-electron chi connectivity index (χ1n) is 5.63. The number of hydrogen-bond acceptors (Lipinski definition) is 1. The van der Waals surface area contributed by atoms with E-state index in [0.717, 1.165) is 36.4 Å². The number of benzene rings is 1. The number of alkyl halides is 1. The Morgan fingerprint density at radius 3 is 2.81 bits per heavy atom. The lowest BCUT2D eigenvalue weighted by Gasteiger charge is -2.35. The van der Waals surface area contributed by atoms with Gasteiger partial charge in [0, 0.05) is 22.4 Å². The molecule has 16 heavy (non-hydrogen) atoms. The maximum atomic E-state index is 6.21. The van der Waals surface area contributed by atoms with Crippen molar-refractivity contribution in [2.24, 2.45) is 5.41 Å². The van der Waals surface area contributed by atoms with Crippen molar-refractivity contribution in [2.45, 2.75) is 19.3 Å². The summed E-state index contributed by atoms with van der Waals surface area (Å²) in [6.45, 7) is 1.74. The van der Waals surface area contributed by atoms with Crippen molar-refractivity contribution in [3.63, 3.8) is 0 Å². The average Bonchev–Trinajstić information content (AvgIpc) is 2.33. The van der Waals surface area contributed by atoms with Crippen LogP contribution in [0.2, 0.25) is 5.02 Å². The summed E-state index contributed by atoms with van der Waals surface area (Å²) in [7, 11) is 0. The molecular formula is C13H16BrClO. The highest BCUT2D eigenvalue weighted by atomic mass is 79.9. The zero-order valence-electron chi connectivity index (χ0n) is 9.22. The topological polar surface area (TPSA) is 9.23 Å². The first kappa shape index (κ1) is 12.4.